The number of aryl methyl sites for hydroxylation is 1. The molecule has 1 heterocycles. The second-order valence-electron chi connectivity index (χ2n) is 6.32. The van der Waals surface area contributed by atoms with Gasteiger partial charge in [0, 0.05) is 12.5 Å². The van der Waals surface area contributed by atoms with Crippen LogP contribution in [0.25, 0.3) is 0 Å². The van der Waals surface area contributed by atoms with Crippen LogP contribution in [0.4, 0.5) is 0 Å². The zero-order chi connectivity index (χ0) is 14.8. The van der Waals surface area contributed by atoms with Crippen molar-refractivity contribution in [1.82, 2.24) is 14.8 Å². The lowest BCUT2D eigenvalue weighted by Gasteiger charge is -2.25. The minimum atomic E-state index is 0.434. The summed E-state index contributed by atoms with van der Waals surface area (Å²) in [5.41, 5.74) is 2.95. The minimum Gasteiger partial charge on any atom is -0.313 e. The molecule has 0 N–H and O–H groups in total. The van der Waals surface area contributed by atoms with Crippen molar-refractivity contribution in [3.63, 3.8) is 0 Å². The number of alkyl halides is 1. The third-order valence-electron chi connectivity index (χ3n) is 4.24. The lowest BCUT2D eigenvalue weighted by molar-refractivity contribution is 0.460. The Labute approximate surface area is 131 Å². The molecule has 3 nitrogen and oxygen atoms in total. The molecule has 3 rings (SSSR count). The zero-order valence-corrected chi connectivity index (χ0v) is 13.5. The Kier molecular flexibility index (Phi) is 4.29. The van der Waals surface area contributed by atoms with Crippen molar-refractivity contribution in [3.8, 4) is 0 Å². The highest BCUT2D eigenvalue weighted by molar-refractivity contribution is 6.16. The lowest BCUT2D eigenvalue weighted by atomic mass is 9.83. The van der Waals surface area contributed by atoms with E-state index in [2.05, 4.69) is 52.9 Å². The van der Waals surface area contributed by atoms with Crippen LogP contribution >= 0.6 is 11.6 Å². The van der Waals surface area contributed by atoms with Gasteiger partial charge in [-0.05, 0) is 36.3 Å². The van der Waals surface area contributed by atoms with E-state index in [0.29, 0.717) is 17.7 Å². The molecule has 1 atom stereocenters. The Morgan fingerprint density at radius 1 is 1.24 bits per heavy atom. The van der Waals surface area contributed by atoms with E-state index in [1.165, 1.54) is 11.1 Å². The summed E-state index contributed by atoms with van der Waals surface area (Å²) in [6, 6.07) is 8.75. The zero-order valence-electron chi connectivity index (χ0n) is 12.7. The van der Waals surface area contributed by atoms with Crippen molar-refractivity contribution in [2.75, 3.05) is 0 Å². The van der Waals surface area contributed by atoms with E-state index in [9.17, 15) is 0 Å². The summed E-state index contributed by atoms with van der Waals surface area (Å²) in [6.45, 7) is 5.39. The second kappa shape index (κ2) is 6.18. The number of fused-ring (bicyclic) bond motifs is 1. The van der Waals surface area contributed by atoms with E-state index in [4.69, 9.17) is 11.6 Å². The normalized spacial score (nSPS) is 18.0. The molecule has 0 saturated heterocycles. The first kappa shape index (κ1) is 14.6. The van der Waals surface area contributed by atoms with Crippen LogP contribution in [0.15, 0.2) is 24.3 Å². The fourth-order valence-electron chi connectivity index (χ4n) is 3.23. The molecule has 2 aromatic rings. The molecule has 1 aliphatic carbocycles. The van der Waals surface area contributed by atoms with E-state index in [1.54, 1.807) is 0 Å². The maximum atomic E-state index is 6.03. The van der Waals surface area contributed by atoms with Crippen LogP contribution in [0.1, 0.15) is 49.0 Å². The fourth-order valence-corrected chi connectivity index (χ4v) is 3.43. The van der Waals surface area contributed by atoms with Gasteiger partial charge in [0.25, 0.3) is 0 Å². The molecule has 4 heteroatoms. The maximum Gasteiger partial charge on any atom is 0.147 e. The van der Waals surface area contributed by atoms with E-state index in [-0.39, 0.29) is 0 Å². The van der Waals surface area contributed by atoms with E-state index in [1.807, 2.05) is 0 Å². The Morgan fingerprint density at radius 2 is 2.00 bits per heavy atom. The van der Waals surface area contributed by atoms with Gasteiger partial charge in [0.05, 0.1) is 5.88 Å². The average Bonchev–Trinajstić information content (AvgIpc) is 2.88. The maximum absolute atomic E-state index is 6.03. The molecule has 21 heavy (non-hydrogen) atoms. The summed E-state index contributed by atoms with van der Waals surface area (Å²) in [5, 5.41) is 8.77. The van der Waals surface area contributed by atoms with Gasteiger partial charge in [0.1, 0.15) is 11.6 Å². The first-order valence-corrected chi connectivity index (χ1v) is 8.27. The van der Waals surface area contributed by atoms with Crippen molar-refractivity contribution >= 4 is 11.6 Å². The highest BCUT2D eigenvalue weighted by Gasteiger charge is 2.25. The summed E-state index contributed by atoms with van der Waals surface area (Å²) < 4.78 is 2.25. The van der Waals surface area contributed by atoms with Gasteiger partial charge in [-0.3, -0.25) is 0 Å². The summed E-state index contributed by atoms with van der Waals surface area (Å²) in [4.78, 5) is 0. The number of hydrogen-bond donors (Lipinski definition) is 0. The monoisotopic (exact) mass is 303 g/mol. The van der Waals surface area contributed by atoms with Gasteiger partial charge in [-0.2, -0.15) is 0 Å². The number of nitrogens with zero attached hydrogens (tertiary/aromatic N) is 3. The number of hydrogen-bond acceptors (Lipinski definition) is 2. The highest BCUT2D eigenvalue weighted by atomic mass is 35.5. The van der Waals surface area contributed by atoms with E-state index in [0.717, 1.165) is 37.5 Å². The van der Waals surface area contributed by atoms with Gasteiger partial charge in [-0.15, -0.1) is 21.8 Å². The van der Waals surface area contributed by atoms with E-state index >= 15 is 0 Å². The molecule has 1 unspecified atom stereocenters. The summed E-state index contributed by atoms with van der Waals surface area (Å²) in [7, 11) is 0. The number of halogens is 1. The number of benzene rings is 1. The Hall–Kier alpha value is -1.35. The first-order valence-electron chi connectivity index (χ1n) is 7.73. The molecule has 0 fully saturated rings. The molecule has 0 bridgehead atoms. The Bertz CT molecular complexity index is 618. The topological polar surface area (TPSA) is 30.7 Å². The predicted octanol–water partition coefficient (Wildman–Crippen LogP) is 3.95. The van der Waals surface area contributed by atoms with Crippen LogP contribution in [-0.2, 0) is 25.3 Å². The van der Waals surface area contributed by atoms with Crippen LogP contribution in [0.2, 0.25) is 0 Å². The summed E-state index contributed by atoms with van der Waals surface area (Å²) >= 11 is 6.03. The van der Waals surface area contributed by atoms with E-state index < -0.39 is 0 Å². The molecule has 1 aromatic carbocycles. The number of aromatic nitrogens is 3. The van der Waals surface area contributed by atoms with Crippen LogP contribution in [-0.4, -0.2) is 14.8 Å². The smallest absolute Gasteiger partial charge is 0.147 e. The molecule has 0 radical (unpaired) electrons. The molecule has 112 valence electrons. The standard InChI is InChI=1S/C17H22ClN3/c1-12(2)11-21-16(10-18)19-20-17(21)15-8-7-13-5-3-4-6-14(13)9-15/h3-6,12,15H,7-11H2,1-2H3. The number of rotatable bonds is 4. The largest absolute Gasteiger partial charge is 0.313 e. The molecule has 0 amide bonds. The van der Waals surface area contributed by atoms with Crippen molar-refractivity contribution in [3.05, 3.63) is 47.0 Å². The van der Waals surface area contributed by atoms with Crippen molar-refractivity contribution in [2.45, 2.75) is 51.5 Å². The molecular weight excluding hydrogens is 282 g/mol. The first-order chi connectivity index (χ1) is 10.2. The molecule has 0 aliphatic heterocycles. The Balaban J connectivity index is 1.89. The third-order valence-corrected chi connectivity index (χ3v) is 4.47. The van der Waals surface area contributed by atoms with Crippen molar-refractivity contribution < 1.29 is 0 Å². The molecule has 0 spiro atoms. The second-order valence-corrected chi connectivity index (χ2v) is 6.59. The third kappa shape index (κ3) is 2.98. The molecule has 1 aliphatic rings. The van der Waals surface area contributed by atoms with Crippen LogP contribution in [0, 0.1) is 5.92 Å². The summed E-state index contributed by atoms with van der Waals surface area (Å²) in [5.74, 6) is 3.48. The minimum absolute atomic E-state index is 0.434. The van der Waals surface area contributed by atoms with Gasteiger partial charge in [0.15, 0.2) is 0 Å². The van der Waals surface area contributed by atoms with Gasteiger partial charge in [-0.1, -0.05) is 38.1 Å². The highest BCUT2D eigenvalue weighted by Crippen LogP contribution is 2.32. The Morgan fingerprint density at radius 3 is 2.71 bits per heavy atom. The van der Waals surface area contributed by atoms with Gasteiger partial charge in [-0.25, -0.2) is 0 Å². The predicted molar refractivity (Wildman–Crippen MR) is 85.6 cm³/mol. The SMILES string of the molecule is CC(C)Cn1c(CCl)nnc1C1CCc2ccccc2C1. The molecule has 1 aromatic heterocycles. The van der Waals surface area contributed by atoms with Crippen LogP contribution in [0.3, 0.4) is 0 Å². The van der Waals surface area contributed by atoms with Gasteiger partial charge < -0.3 is 4.57 Å². The summed E-state index contributed by atoms with van der Waals surface area (Å²) in [6.07, 6.45) is 3.34. The molecular formula is C17H22ClN3. The van der Waals surface area contributed by atoms with Crippen LogP contribution in [0.5, 0.6) is 0 Å². The average molecular weight is 304 g/mol. The lowest BCUT2D eigenvalue weighted by Crippen LogP contribution is -2.19. The fraction of sp³-hybridized carbons (Fsp3) is 0.529. The van der Waals surface area contributed by atoms with Gasteiger partial charge in [0.2, 0.25) is 0 Å². The molecule has 0 saturated carbocycles. The van der Waals surface area contributed by atoms with Crippen molar-refractivity contribution in [2.24, 2.45) is 5.92 Å². The van der Waals surface area contributed by atoms with Crippen LogP contribution < -0.4 is 0 Å². The van der Waals surface area contributed by atoms with Crippen molar-refractivity contribution in [1.29, 1.82) is 0 Å². The van der Waals surface area contributed by atoms with Gasteiger partial charge >= 0.3 is 0 Å². The quantitative estimate of drug-likeness (QED) is 0.801.